The third kappa shape index (κ3) is 4.48. The highest BCUT2D eigenvalue weighted by atomic mass is 35.5. The lowest BCUT2D eigenvalue weighted by molar-refractivity contribution is -0.131. The highest BCUT2D eigenvalue weighted by molar-refractivity contribution is 6.30. The summed E-state index contributed by atoms with van der Waals surface area (Å²) in [5.74, 6) is -1.89. The van der Waals surface area contributed by atoms with E-state index in [9.17, 15) is 18.8 Å². The number of amides is 4. The van der Waals surface area contributed by atoms with Crippen LogP contribution >= 0.6 is 11.6 Å². The van der Waals surface area contributed by atoms with Gasteiger partial charge in [0.1, 0.15) is 18.4 Å². The van der Waals surface area contributed by atoms with Gasteiger partial charge in [-0.1, -0.05) is 72.3 Å². The molecule has 1 unspecified atom stereocenters. The highest BCUT2D eigenvalue weighted by Gasteiger charge is 2.46. The van der Waals surface area contributed by atoms with Crippen molar-refractivity contribution in [3.05, 3.63) is 101 Å². The van der Waals surface area contributed by atoms with Crippen LogP contribution in [0.1, 0.15) is 17.2 Å². The molecule has 0 radical (unpaired) electrons. The Morgan fingerprint density at radius 3 is 2.31 bits per heavy atom. The molecule has 8 heteroatoms. The van der Waals surface area contributed by atoms with Gasteiger partial charge in [-0.05, 0) is 29.3 Å². The topological polar surface area (TPSA) is 69.7 Å². The second-order valence-corrected chi connectivity index (χ2v) is 7.74. The van der Waals surface area contributed by atoms with Gasteiger partial charge in [-0.25, -0.2) is 9.18 Å². The monoisotopic (exact) mass is 451 g/mol. The molecular formula is C24H19ClFN3O3. The number of urea groups is 1. The predicted octanol–water partition coefficient (Wildman–Crippen LogP) is 4.62. The van der Waals surface area contributed by atoms with Gasteiger partial charge in [0.2, 0.25) is 5.91 Å². The molecule has 1 heterocycles. The highest BCUT2D eigenvalue weighted by Crippen LogP contribution is 2.32. The molecule has 3 aromatic rings. The number of carbonyl (C=O) groups is 3. The molecule has 1 aliphatic rings. The molecule has 1 N–H and O–H groups in total. The third-order valence-electron chi connectivity index (χ3n) is 5.10. The van der Waals surface area contributed by atoms with E-state index in [2.05, 4.69) is 5.32 Å². The second-order valence-electron chi connectivity index (χ2n) is 7.31. The number of carbonyl (C=O) groups excluding carboxylic acids is 3. The van der Waals surface area contributed by atoms with Crippen molar-refractivity contribution in [3.8, 4) is 0 Å². The Morgan fingerprint density at radius 2 is 1.62 bits per heavy atom. The Bertz CT molecular complexity index is 1160. The van der Waals surface area contributed by atoms with Gasteiger partial charge in [0.05, 0.1) is 5.69 Å². The maximum Gasteiger partial charge on any atom is 0.328 e. The van der Waals surface area contributed by atoms with Gasteiger partial charge in [-0.15, -0.1) is 0 Å². The quantitative estimate of drug-likeness (QED) is 0.556. The molecule has 3 aromatic carbocycles. The van der Waals surface area contributed by atoms with Gasteiger partial charge in [0.15, 0.2) is 0 Å². The number of hydrogen-bond donors (Lipinski definition) is 1. The largest absolute Gasteiger partial charge is 0.328 e. The number of anilines is 1. The van der Waals surface area contributed by atoms with Crippen LogP contribution in [0.4, 0.5) is 14.9 Å². The van der Waals surface area contributed by atoms with E-state index < -0.39 is 36.2 Å². The molecule has 6 nitrogen and oxygen atoms in total. The third-order valence-corrected chi connectivity index (χ3v) is 5.34. The number of nitrogens with zero attached hydrogens (tertiary/aromatic N) is 2. The van der Waals surface area contributed by atoms with E-state index in [0.29, 0.717) is 5.56 Å². The zero-order valence-electron chi connectivity index (χ0n) is 16.9. The molecule has 0 aliphatic carbocycles. The summed E-state index contributed by atoms with van der Waals surface area (Å²) in [7, 11) is 0. The van der Waals surface area contributed by atoms with E-state index in [0.717, 1.165) is 16.5 Å². The normalized spacial score (nSPS) is 15.9. The van der Waals surface area contributed by atoms with Crippen LogP contribution in [0, 0.1) is 5.82 Å². The minimum absolute atomic E-state index is 0.123. The summed E-state index contributed by atoms with van der Waals surface area (Å²) in [6, 6.07) is 20.5. The SMILES string of the molecule is O=C(CN1C(=O)C(c2ccccc2)N(Cc2ccccc2)C1=O)Nc1cc(Cl)ccc1F. The summed E-state index contributed by atoms with van der Waals surface area (Å²) in [5, 5.41) is 2.62. The van der Waals surface area contributed by atoms with Crippen molar-refractivity contribution in [2.45, 2.75) is 12.6 Å². The van der Waals surface area contributed by atoms with E-state index >= 15 is 0 Å². The number of imide groups is 1. The van der Waals surface area contributed by atoms with Gasteiger partial charge in [0, 0.05) is 11.6 Å². The first-order valence-corrected chi connectivity index (χ1v) is 10.3. The molecule has 1 fully saturated rings. The zero-order valence-corrected chi connectivity index (χ0v) is 17.6. The van der Waals surface area contributed by atoms with E-state index in [1.54, 1.807) is 24.3 Å². The number of benzene rings is 3. The molecule has 0 spiro atoms. The molecule has 1 aliphatic heterocycles. The Hall–Kier alpha value is -3.71. The number of halogens is 2. The minimum Gasteiger partial charge on any atom is -0.322 e. The number of hydrogen-bond acceptors (Lipinski definition) is 3. The Labute approximate surface area is 189 Å². The lowest BCUT2D eigenvalue weighted by atomic mass is 10.1. The fourth-order valence-electron chi connectivity index (χ4n) is 3.61. The number of nitrogens with one attached hydrogen (secondary N) is 1. The van der Waals surface area contributed by atoms with Crippen LogP contribution in [0.15, 0.2) is 78.9 Å². The lowest BCUT2D eigenvalue weighted by Gasteiger charge is -2.22. The van der Waals surface area contributed by atoms with Crippen molar-refractivity contribution in [3.63, 3.8) is 0 Å². The molecule has 4 rings (SSSR count). The van der Waals surface area contributed by atoms with Crippen LogP contribution in [0.5, 0.6) is 0 Å². The molecule has 0 saturated carbocycles. The van der Waals surface area contributed by atoms with Crippen molar-refractivity contribution in [2.75, 3.05) is 11.9 Å². The lowest BCUT2D eigenvalue weighted by Crippen LogP contribution is -2.39. The van der Waals surface area contributed by atoms with Crippen LogP contribution in [-0.4, -0.2) is 34.2 Å². The summed E-state index contributed by atoms with van der Waals surface area (Å²) in [6.45, 7) is -0.343. The Morgan fingerprint density at radius 1 is 0.969 bits per heavy atom. The average Bonchev–Trinajstić information content (AvgIpc) is 3.02. The first-order chi connectivity index (χ1) is 15.4. The smallest absolute Gasteiger partial charge is 0.322 e. The fraction of sp³-hybridized carbons (Fsp3) is 0.125. The summed E-state index contributed by atoms with van der Waals surface area (Å²) in [4.78, 5) is 41.2. The minimum atomic E-state index is -0.861. The first kappa shape index (κ1) is 21.5. The van der Waals surface area contributed by atoms with Gasteiger partial charge < -0.3 is 10.2 Å². The molecular weight excluding hydrogens is 433 g/mol. The van der Waals surface area contributed by atoms with Crippen LogP contribution in [-0.2, 0) is 16.1 Å². The molecule has 1 atom stereocenters. The molecule has 1 saturated heterocycles. The van der Waals surface area contributed by atoms with Crippen LogP contribution < -0.4 is 5.32 Å². The van der Waals surface area contributed by atoms with Crippen LogP contribution in [0.3, 0.4) is 0 Å². The predicted molar refractivity (Wildman–Crippen MR) is 118 cm³/mol. The van der Waals surface area contributed by atoms with Crippen molar-refractivity contribution in [1.29, 1.82) is 0 Å². The van der Waals surface area contributed by atoms with Crippen LogP contribution in [0.2, 0.25) is 5.02 Å². The van der Waals surface area contributed by atoms with Gasteiger partial charge in [-0.2, -0.15) is 0 Å². The second kappa shape index (κ2) is 9.20. The summed E-state index contributed by atoms with van der Waals surface area (Å²) in [6.07, 6.45) is 0. The Kier molecular flexibility index (Phi) is 6.18. The fourth-order valence-corrected chi connectivity index (χ4v) is 3.78. The van der Waals surface area contributed by atoms with E-state index in [1.807, 2.05) is 36.4 Å². The average molecular weight is 452 g/mol. The molecule has 0 bridgehead atoms. The van der Waals surface area contributed by atoms with Gasteiger partial charge in [0.25, 0.3) is 5.91 Å². The maximum atomic E-state index is 14.0. The van der Waals surface area contributed by atoms with Crippen molar-refractivity contribution < 1.29 is 18.8 Å². The van der Waals surface area contributed by atoms with E-state index in [1.165, 1.54) is 17.0 Å². The zero-order chi connectivity index (χ0) is 22.7. The summed E-state index contributed by atoms with van der Waals surface area (Å²) in [5.41, 5.74) is 1.37. The molecule has 0 aromatic heterocycles. The summed E-state index contributed by atoms with van der Waals surface area (Å²) < 4.78 is 14.0. The maximum absolute atomic E-state index is 14.0. The standard InChI is InChI=1S/C24H19ClFN3O3/c25-18-11-12-19(26)20(13-18)27-21(30)15-29-23(31)22(17-9-5-2-6-10-17)28(24(29)32)14-16-7-3-1-4-8-16/h1-13,22H,14-15H2,(H,27,30). The van der Waals surface area contributed by atoms with E-state index in [-0.39, 0.29) is 17.3 Å². The van der Waals surface area contributed by atoms with Gasteiger partial charge in [-0.3, -0.25) is 14.5 Å². The molecule has 4 amide bonds. The Balaban J connectivity index is 1.58. The summed E-state index contributed by atoms with van der Waals surface area (Å²) >= 11 is 5.86. The molecule has 162 valence electrons. The van der Waals surface area contributed by atoms with E-state index in [4.69, 9.17) is 11.6 Å². The van der Waals surface area contributed by atoms with Crippen molar-refractivity contribution in [2.24, 2.45) is 0 Å². The van der Waals surface area contributed by atoms with Crippen LogP contribution in [0.25, 0.3) is 0 Å². The van der Waals surface area contributed by atoms with Gasteiger partial charge >= 0.3 is 6.03 Å². The first-order valence-electron chi connectivity index (χ1n) is 9.90. The molecule has 32 heavy (non-hydrogen) atoms. The van der Waals surface area contributed by atoms with Crippen molar-refractivity contribution >= 4 is 35.1 Å². The number of rotatable bonds is 6. The van der Waals surface area contributed by atoms with Crippen molar-refractivity contribution in [1.82, 2.24) is 9.80 Å².